The molecule has 1 N–H and O–H groups in total. The molecule has 2 aromatic heterocycles. The Hall–Kier alpha value is -1.99. The van der Waals surface area contributed by atoms with Gasteiger partial charge >= 0.3 is 6.18 Å². The molecular weight excluding hydrogens is 548 g/mol. The summed E-state index contributed by atoms with van der Waals surface area (Å²) < 4.78 is 69.5. The molecule has 1 aliphatic rings. The van der Waals surface area contributed by atoms with E-state index in [0.29, 0.717) is 24.5 Å². The molecule has 1 fully saturated rings. The largest absolute Gasteiger partial charge is 0.390 e. The zero-order chi connectivity index (χ0) is 25.2. The van der Waals surface area contributed by atoms with E-state index in [-0.39, 0.29) is 27.8 Å². The highest BCUT2D eigenvalue weighted by Gasteiger charge is 2.33. The van der Waals surface area contributed by atoms with E-state index in [0.717, 1.165) is 17.1 Å². The number of halogens is 5. The number of ether oxygens (including phenoxy) is 1. The number of benzene rings is 1. The lowest BCUT2D eigenvalue weighted by molar-refractivity contribution is -0.129. The van der Waals surface area contributed by atoms with Gasteiger partial charge in [-0.25, -0.2) is 23.4 Å². The predicted octanol–water partition coefficient (Wildman–Crippen LogP) is 5.89. The maximum atomic E-state index is 12.5. The Balaban J connectivity index is 1.57. The van der Waals surface area contributed by atoms with Crippen LogP contribution < -0.4 is 4.72 Å². The zero-order valence-corrected chi connectivity index (χ0v) is 21.1. The number of hydrogen-bond acceptors (Lipinski definition) is 7. The predicted molar refractivity (Wildman–Crippen MR) is 129 cm³/mol. The average molecular weight is 567 g/mol. The van der Waals surface area contributed by atoms with Crippen LogP contribution in [0.4, 0.5) is 18.9 Å². The number of aromatic nitrogens is 3. The summed E-state index contributed by atoms with van der Waals surface area (Å²) in [6.07, 6.45) is -3.72. The Morgan fingerprint density at radius 1 is 1.17 bits per heavy atom. The minimum Gasteiger partial charge on any atom is -0.381 e. The zero-order valence-electron chi connectivity index (χ0n) is 17.9. The summed E-state index contributed by atoms with van der Waals surface area (Å²) in [5, 5.41) is 2.77. The molecule has 2 unspecified atom stereocenters. The molecule has 1 saturated heterocycles. The quantitative estimate of drug-likeness (QED) is 0.358. The van der Waals surface area contributed by atoms with E-state index in [1.54, 1.807) is 23.7 Å². The van der Waals surface area contributed by atoms with Crippen LogP contribution in [0.15, 0.2) is 35.8 Å². The fourth-order valence-corrected chi connectivity index (χ4v) is 6.31. The number of thiazole rings is 1. The molecule has 2 atom stereocenters. The van der Waals surface area contributed by atoms with E-state index in [1.807, 2.05) is 6.07 Å². The van der Waals surface area contributed by atoms with Crippen LogP contribution in [-0.4, -0.2) is 48.5 Å². The van der Waals surface area contributed by atoms with Gasteiger partial charge in [-0.15, -0.1) is 11.3 Å². The number of nitrogens with one attached hydrogen (secondary N) is 1. The first-order valence-electron chi connectivity index (χ1n) is 10.4. The monoisotopic (exact) mass is 566 g/mol. The van der Waals surface area contributed by atoms with E-state index < -0.39 is 28.4 Å². The first kappa shape index (κ1) is 26.1. The number of anilines is 1. The molecule has 0 aliphatic carbocycles. The molecule has 14 heteroatoms. The van der Waals surface area contributed by atoms with Gasteiger partial charge in [0, 0.05) is 41.3 Å². The van der Waals surface area contributed by atoms with E-state index >= 15 is 0 Å². The second kappa shape index (κ2) is 10.6. The third-order valence-electron chi connectivity index (χ3n) is 5.42. The van der Waals surface area contributed by atoms with Crippen LogP contribution in [-0.2, 0) is 14.8 Å². The third kappa shape index (κ3) is 6.62. The lowest BCUT2D eigenvalue weighted by Gasteiger charge is -2.29. The van der Waals surface area contributed by atoms with E-state index in [4.69, 9.17) is 32.9 Å². The van der Waals surface area contributed by atoms with Crippen molar-refractivity contribution in [2.24, 2.45) is 0 Å². The molecule has 0 saturated carbocycles. The normalized spacial score (nSPS) is 19.0. The molecule has 0 amide bonds. The third-order valence-corrected chi connectivity index (χ3v) is 8.26. The maximum Gasteiger partial charge on any atom is 0.390 e. The van der Waals surface area contributed by atoms with Crippen LogP contribution in [0.1, 0.15) is 35.4 Å². The summed E-state index contributed by atoms with van der Waals surface area (Å²) in [4.78, 5) is 13.0. The Kier molecular flexibility index (Phi) is 7.86. The van der Waals surface area contributed by atoms with Crippen molar-refractivity contribution in [2.75, 3.05) is 23.7 Å². The van der Waals surface area contributed by atoms with Gasteiger partial charge in [0.1, 0.15) is 0 Å². The van der Waals surface area contributed by atoms with Gasteiger partial charge < -0.3 is 4.74 Å². The summed E-state index contributed by atoms with van der Waals surface area (Å²) in [5.41, 5.74) is 1.73. The van der Waals surface area contributed by atoms with Gasteiger partial charge in [-0.3, -0.25) is 4.72 Å². The molecule has 0 radical (unpaired) electrons. The standard InChI is InChI=1S/C21H19Cl2F3N4O3S2/c22-18-13(2-1-3-16(18)30-35(31,32)9-6-21(24,25)26)17-11-34-19(28-17)14-10-33-8-5-12(14)15-4-7-27-20(23)29-15/h1-4,7,11-12,14,30H,5-6,8-10H2. The van der Waals surface area contributed by atoms with Crippen molar-refractivity contribution in [3.8, 4) is 11.3 Å². The number of alkyl halides is 3. The summed E-state index contributed by atoms with van der Waals surface area (Å²) in [5.74, 6) is -1.17. The van der Waals surface area contributed by atoms with Crippen LogP contribution in [0.2, 0.25) is 10.3 Å². The van der Waals surface area contributed by atoms with Crippen molar-refractivity contribution in [3.63, 3.8) is 0 Å². The van der Waals surface area contributed by atoms with Gasteiger partial charge in [0.05, 0.1) is 40.2 Å². The van der Waals surface area contributed by atoms with Crippen molar-refractivity contribution in [1.82, 2.24) is 15.0 Å². The Labute approximate surface area is 213 Å². The first-order valence-corrected chi connectivity index (χ1v) is 13.7. The lowest BCUT2D eigenvalue weighted by atomic mass is 9.86. The Morgan fingerprint density at radius 3 is 2.71 bits per heavy atom. The molecule has 4 rings (SSSR count). The fraction of sp³-hybridized carbons (Fsp3) is 0.381. The number of rotatable bonds is 7. The first-order chi connectivity index (χ1) is 16.5. The Bertz CT molecular complexity index is 1300. The highest BCUT2D eigenvalue weighted by atomic mass is 35.5. The molecule has 35 heavy (non-hydrogen) atoms. The number of nitrogens with zero attached hydrogens (tertiary/aromatic N) is 3. The lowest BCUT2D eigenvalue weighted by Crippen LogP contribution is -2.25. The molecule has 3 aromatic rings. The summed E-state index contributed by atoms with van der Waals surface area (Å²) in [6, 6.07) is 6.41. The number of hydrogen-bond donors (Lipinski definition) is 1. The highest BCUT2D eigenvalue weighted by Crippen LogP contribution is 2.42. The maximum absolute atomic E-state index is 12.5. The van der Waals surface area contributed by atoms with E-state index in [9.17, 15) is 21.6 Å². The topological polar surface area (TPSA) is 94.1 Å². The van der Waals surface area contributed by atoms with Crippen molar-refractivity contribution >= 4 is 50.2 Å². The van der Waals surface area contributed by atoms with Crippen LogP contribution in [0.25, 0.3) is 11.3 Å². The molecule has 3 heterocycles. The van der Waals surface area contributed by atoms with Crippen LogP contribution >= 0.6 is 34.5 Å². The Morgan fingerprint density at radius 2 is 1.97 bits per heavy atom. The molecule has 7 nitrogen and oxygen atoms in total. The van der Waals surface area contributed by atoms with Crippen molar-refractivity contribution in [1.29, 1.82) is 0 Å². The van der Waals surface area contributed by atoms with Gasteiger partial charge in [-0.05, 0) is 30.2 Å². The summed E-state index contributed by atoms with van der Waals surface area (Å²) >= 11 is 13.8. The molecule has 188 valence electrons. The average Bonchev–Trinajstić information content (AvgIpc) is 3.29. The van der Waals surface area contributed by atoms with Gasteiger partial charge in [0.15, 0.2) is 0 Å². The van der Waals surface area contributed by atoms with Crippen molar-refractivity contribution in [3.05, 3.63) is 56.9 Å². The van der Waals surface area contributed by atoms with Crippen LogP contribution in [0.3, 0.4) is 0 Å². The van der Waals surface area contributed by atoms with Gasteiger partial charge in [-0.2, -0.15) is 13.2 Å². The molecule has 1 aromatic carbocycles. The smallest absolute Gasteiger partial charge is 0.381 e. The van der Waals surface area contributed by atoms with Crippen LogP contribution in [0, 0.1) is 0 Å². The highest BCUT2D eigenvalue weighted by molar-refractivity contribution is 7.92. The van der Waals surface area contributed by atoms with Crippen LogP contribution in [0.5, 0.6) is 0 Å². The van der Waals surface area contributed by atoms with E-state index in [2.05, 4.69) is 14.7 Å². The molecule has 0 bridgehead atoms. The summed E-state index contributed by atoms with van der Waals surface area (Å²) in [7, 11) is -4.25. The summed E-state index contributed by atoms with van der Waals surface area (Å²) in [6.45, 7) is 1.01. The molecular formula is C21H19Cl2F3N4O3S2. The second-order valence-electron chi connectivity index (χ2n) is 7.85. The van der Waals surface area contributed by atoms with Crippen molar-refractivity contribution in [2.45, 2.75) is 30.9 Å². The van der Waals surface area contributed by atoms with Crippen molar-refractivity contribution < 1.29 is 26.3 Å². The van der Waals surface area contributed by atoms with E-state index in [1.165, 1.54) is 17.4 Å². The molecule has 0 spiro atoms. The fourth-order valence-electron chi connectivity index (χ4n) is 3.75. The molecule has 1 aliphatic heterocycles. The number of sulfonamides is 1. The minimum atomic E-state index is -4.59. The second-order valence-corrected chi connectivity index (χ2v) is 11.3. The van der Waals surface area contributed by atoms with Gasteiger partial charge in [0.25, 0.3) is 0 Å². The minimum absolute atomic E-state index is 0.0182. The van der Waals surface area contributed by atoms with Gasteiger partial charge in [0.2, 0.25) is 15.3 Å². The SMILES string of the molecule is O=S(=O)(CCC(F)(F)F)Nc1cccc(-c2csc(C3COCCC3c3ccnc(Cl)n3)n2)c1Cl. The van der Waals surface area contributed by atoms with Gasteiger partial charge in [-0.1, -0.05) is 23.7 Å².